The number of carbonyl (C=O) groups is 1. The van der Waals surface area contributed by atoms with E-state index in [-0.39, 0.29) is 17.4 Å². The molecule has 1 aliphatic rings. The summed E-state index contributed by atoms with van der Waals surface area (Å²) in [5, 5.41) is 13.1. The van der Waals surface area contributed by atoms with E-state index in [0.717, 1.165) is 6.42 Å². The third-order valence-corrected chi connectivity index (χ3v) is 4.03. The van der Waals surface area contributed by atoms with Crippen LogP contribution in [0.3, 0.4) is 0 Å². The summed E-state index contributed by atoms with van der Waals surface area (Å²) in [4.78, 5) is 15.6. The Hall–Kier alpha value is -2.95. The lowest BCUT2D eigenvalue weighted by molar-refractivity contribution is 0.0697. The van der Waals surface area contributed by atoms with Crippen molar-refractivity contribution in [2.45, 2.75) is 19.3 Å². The normalized spacial score (nSPS) is 15.4. The molecular formula is C19H18N2O3. The average molecular weight is 322 g/mol. The predicted molar refractivity (Wildman–Crippen MR) is 90.6 cm³/mol. The van der Waals surface area contributed by atoms with Gasteiger partial charge in [-0.05, 0) is 18.6 Å². The monoisotopic (exact) mass is 322 g/mol. The van der Waals surface area contributed by atoms with E-state index in [2.05, 4.69) is 29.2 Å². The Balaban J connectivity index is 1.89. The highest BCUT2D eigenvalue weighted by molar-refractivity contribution is 5.89. The number of hydrogen-bond donors (Lipinski definition) is 1. The number of carboxylic acids is 1. The highest BCUT2D eigenvalue weighted by atomic mass is 16.5. The maximum Gasteiger partial charge on any atom is 0.335 e. The summed E-state index contributed by atoms with van der Waals surface area (Å²) < 4.78 is 5.47. The van der Waals surface area contributed by atoms with Crippen LogP contribution >= 0.6 is 0 Å². The maximum atomic E-state index is 11.1. The van der Waals surface area contributed by atoms with Crippen molar-refractivity contribution < 1.29 is 14.4 Å². The van der Waals surface area contributed by atoms with Crippen molar-refractivity contribution in [2.24, 2.45) is 5.92 Å². The molecule has 2 aromatic rings. The van der Waals surface area contributed by atoms with Crippen LogP contribution in [0.5, 0.6) is 0 Å². The van der Waals surface area contributed by atoms with Crippen LogP contribution in [0.4, 0.5) is 0 Å². The van der Waals surface area contributed by atoms with E-state index in [1.165, 1.54) is 6.07 Å². The third kappa shape index (κ3) is 3.35. The first-order chi connectivity index (χ1) is 11.7. The molecule has 0 radical (unpaired) electrons. The quantitative estimate of drug-likeness (QED) is 0.891. The smallest absolute Gasteiger partial charge is 0.335 e. The molecule has 0 spiro atoms. The second-order valence-electron chi connectivity index (χ2n) is 5.59. The number of aromatic carboxylic acids is 1. The summed E-state index contributed by atoms with van der Waals surface area (Å²) in [5.41, 5.74) is 0.833. The van der Waals surface area contributed by atoms with E-state index < -0.39 is 5.97 Å². The summed E-state index contributed by atoms with van der Waals surface area (Å²) in [5.74, 6) is 0.263. The Labute approximate surface area is 140 Å². The SMILES string of the molecule is CCC(c1nc(-c2cccc(C(=O)O)c2)no1)C1C=CC=CC=C1. The first kappa shape index (κ1) is 15.9. The molecule has 5 nitrogen and oxygen atoms in total. The molecule has 1 heterocycles. The predicted octanol–water partition coefficient (Wildman–Crippen LogP) is 4.23. The molecular weight excluding hydrogens is 304 g/mol. The zero-order chi connectivity index (χ0) is 16.9. The zero-order valence-corrected chi connectivity index (χ0v) is 13.3. The van der Waals surface area contributed by atoms with Gasteiger partial charge in [-0.15, -0.1) is 0 Å². The highest BCUT2D eigenvalue weighted by Crippen LogP contribution is 2.31. The fraction of sp³-hybridized carbons (Fsp3) is 0.211. The minimum absolute atomic E-state index is 0.0845. The average Bonchev–Trinajstić information content (AvgIpc) is 2.92. The molecule has 0 saturated carbocycles. The molecule has 1 atom stereocenters. The van der Waals surface area contributed by atoms with Gasteiger partial charge in [0.2, 0.25) is 11.7 Å². The molecule has 5 heteroatoms. The standard InChI is InChI=1S/C19H18N2O3/c1-2-16(13-8-5-3-4-6-9-13)18-20-17(21-24-18)14-10-7-11-15(12-14)19(22)23/h3-13,16H,2H2,1H3,(H,22,23). The van der Waals surface area contributed by atoms with Gasteiger partial charge in [0.15, 0.2) is 0 Å². The van der Waals surface area contributed by atoms with Crippen molar-refractivity contribution in [3.8, 4) is 11.4 Å². The minimum atomic E-state index is -0.978. The molecule has 0 fully saturated rings. The number of hydrogen-bond acceptors (Lipinski definition) is 4. The fourth-order valence-electron chi connectivity index (χ4n) is 2.75. The molecule has 0 saturated heterocycles. The topological polar surface area (TPSA) is 76.2 Å². The first-order valence-electron chi connectivity index (χ1n) is 7.88. The maximum absolute atomic E-state index is 11.1. The minimum Gasteiger partial charge on any atom is -0.478 e. The molecule has 3 rings (SSSR count). The second-order valence-corrected chi connectivity index (χ2v) is 5.59. The molecule has 1 aromatic carbocycles. The van der Waals surface area contributed by atoms with Crippen molar-refractivity contribution in [1.82, 2.24) is 10.1 Å². The lowest BCUT2D eigenvalue weighted by atomic mass is 9.89. The number of benzene rings is 1. The molecule has 122 valence electrons. The lowest BCUT2D eigenvalue weighted by Gasteiger charge is -2.15. The summed E-state index contributed by atoms with van der Waals surface area (Å²) >= 11 is 0. The third-order valence-electron chi connectivity index (χ3n) is 4.03. The number of carboxylic acid groups (broad SMARTS) is 1. The van der Waals surface area contributed by atoms with Gasteiger partial charge >= 0.3 is 5.97 Å². The first-order valence-corrected chi connectivity index (χ1v) is 7.88. The van der Waals surface area contributed by atoms with Crippen molar-refractivity contribution in [3.63, 3.8) is 0 Å². The van der Waals surface area contributed by atoms with Crippen LogP contribution in [0.15, 0.2) is 65.2 Å². The Morgan fingerprint density at radius 2 is 2.00 bits per heavy atom. The van der Waals surface area contributed by atoms with Gasteiger partial charge in [-0.2, -0.15) is 4.98 Å². The van der Waals surface area contributed by atoms with Gasteiger partial charge in [0.25, 0.3) is 0 Å². The van der Waals surface area contributed by atoms with Crippen LogP contribution in [-0.2, 0) is 0 Å². The van der Waals surface area contributed by atoms with E-state index in [0.29, 0.717) is 17.3 Å². The molecule has 1 aromatic heterocycles. The Kier molecular flexibility index (Phi) is 4.70. The van der Waals surface area contributed by atoms with E-state index >= 15 is 0 Å². The molecule has 0 bridgehead atoms. The van der Waals surface area contributed by atoms with E-state index in [1.807, 2.05) is 24.3 Å². The van der Waals surface area contributed by atoms with Crippen LogP contribution in [0, 0.1) is 5.92 Å². The Bertz CT molecular complexity index is 802. The van der Waals surface area contributed by atoms with E-state index in [1.54, 1.807) is 18.2 Å². The second kappa shape index (κ2) is 7.08. The largest absolute Gasteiger partial charge is 0.478 e. The van der Waals surface area contributed by atoms with Crippen LogP contribution in [-0.4, -0.2) is 21.2 Å². The number of nitrogens with zero attached hydrogens (tertiary/aromatic N) is 2. The van der Waals surface area contributed by atoms with Gasteiger partial charge in [0.1, 0.15) is 0 Å². The molecule has 0 amide bonds. The lowest BCUT2D eigenvalue weighted by Crippen LogP contribution is -2.08. The number of aromatic nitrogens is 2. The van der Waals surface area contributed by atoms with Crippen molar-refractivity contribution in [2.75, 3.05) is 0 Å². The van der Waals surface area contributed by atoms with Crippen LogP contribution < -0.4 is 0 Å². The van der Waals surface area contributed by atoms with Crippen LogP contribution in [0.1, 0.15) is 35.5 Å². The number of allylic oxidation sites excluding steroid dienone is 6. The van der Waals surface area contributed by atoms with Crippen LogP contribution in [0.2, 0.25) is 0 Å². The highest BCUT2D eigenvalue weighted by Gasteiger charge is 2.24. The van der Waals surface area contributed by atoms with Crippen LogP contribution in [0.25, 0.3) is 11.4 Å². The summed E-state index contributed by atoms with van der Waals surface area (Å²) in [6.07, 6.45) is 13.1. The zero-order valence-electron chi connectivity index (χ0n) is 13.3. The molecule has 24 heavy (non-hydrogen) atoms. The van der Waals surface area contributed by atoms with Gasteiger partial charge < -0.3 is 9.63 Å². The number of rotatable bonds is 5. The van der Waals surface area contributed by atoms with Gasteiger partial charge in [-0.1, -0.05) is 60.7 Å². The van der Waals surface area contributed by atoms with Crippen molar-refractivity contribution >= 4 is 5.97 Å². The van der Waals surface area contributed by atoms with Crippen molar-refractivity contribution in [1.29, 1.82) is 0 Å². The van der Waals surface area contributed by atoms with Crippen molar-refractivity contribution in [3.05, 3.63) is 72.2 Å². The summed E-state index contributed by atoms with van der Waals surface area (Å²) in [6, 6.07) is 6.54. The Morgan fingerprint density at radius 1 is 1.25 bits per heavy atom. The van der Waals surface area contributed by atoms with Gasteiger partial charge in [0, 0.05) is 17.4 Å². The summed E-state index contributed by atoms with van der Waals surface area (Å²) in [7, 11) is 0. The molecule has 1 unspecified atom stereocenters. The summed E-state index contributed by atoms with van der Waals surface area (Å²) in [6.45, 7) is 2.08. The Morgan fingerprint density at radius 3 is 2.67 bits per heavy atom. The fourth-order valence-corrected chi connectivity index (χ4v) is 2.75. The van der Waals surface area contributed by atoms with E-state index in [4.69, 9.17) is 9.63 Å². The van der Waals surface area contributed by atoms with Gasteiger partial charge in [-0.25, -0.2) is 4.79 Å². The molecule has 1 aliphatic carbocycles. The van der Waals surface area contributed by atoms with E-state index in [9.17, 15) is 4.79 Å². The van der Waals surface area contributed by atoms with Gasteiger partial charge in [-0.3, -0.25) is 0 Å². The van der Waals surface area contributed by atoms with Gasteiger partial charge in [0.05, 0.1) is 5.56 Å². The molecule has 1 N–H and O–H groups in total. The molecule has 0 aliphatic heterocycles.